The Morgan fingerprint density at radius 2 is 2.14 bits per heavy atom. The van der Waals surface area contributed by atoms with Crippen LogP contribution in [0.1, 0.15) is 45.3 Å². The first-order valence-electron chi connectivity index (χ1n) is 9.68. The van der Waals surface area contributed by atoms with Gasteiger partial charge >= 0.3 is 6.09 Å². The average Bonchev–Trinajstić information content (AvgIpc) is 2.94. The Morgan fingerprint density at radius 1 is 1.41 bits per heavy atom. The van der Waals surface area contributed by atoms with Gasteiger partial charge in [0, 0.05) is 32.7 Å². The van der Waals surface area contributed by atoms with Gasteiger partial charge in [-0.25, -0.2) is 9.79 Å². The Bertz CT molecular complexity index is 712. The SMILES string of the molecule is C=CCNC(=NCc1nnc(C)n1C)NC1CCCN(C(=O)OC(C)(C)C)C1.I. The zero-order chi connectivity index (χ0) is 20.7. The lowest BCUT2D eigenvalue weighted by atomic mass is 10.1. The second-order valence-corrected chi connectivity index (χ2v) is 7.97. The van der Waals surface area contributed by atoms with Crippen molar-refractivity contribution in [3.8, 4) is 0 Å². The molecule has 0 aliphatic carbocycles. The number of carbonyl (C=O) groups is 1. The molecule has 0 saturated carbocycles. The van der Waals surface area contributed by atoms with E-state index in [1.807, 2.05) is 39.3 Å². The molecule has 0 aromatic carbocycles. The Hall–Kier alpha value is -1.85. The number of nitrogens with one attached hydrogen (secondary N) is 2. The van der Waals surface area contributed by atoms with E-state index in [2.05, 4.69) is 32.4 Å². The van der Waals surface area contributed by atoms with Gasteiger partial charge in [-0.05, 0) is 40.5 Å². The first-order chi connectivity index (χ1) is 13.2. The van der Waals surface area contributed by atoms with Crippen LogP contribution in [0.5, 0.6) is 0 Å². The number of rotatable bonds is 5. The van der Waals surface area contributed by atoms with E-state index in [-0.39, 0.29) is 36.1 Å². The minimum absolute atomic E-state index is 0. The fraction of sp³-hybridized carbons (Fsp3) is 0.684. The number of piperidine rings is 1. The van der Waals surface area contributed by atoms with E-state index in [9.17, 15) is 4.79 Å². The molecule has 1 amide bonds. The van der Waals surface area contributed by atoms with Crippen molar-refractivity contribution in [2.24, 2.45) is 12.0 Å². The van der Waals surface area contributed by atoms with E-state index in [0.29, 0.717) is 32.1 Å². The number of guanidine groups is 1. The maximum absolute atomic E-state index is 12.4. The molecule has 10 heteroatoms. The van der Waals surface area contributed by atoms with Gasteiger partial charge in [0.2, 0.25) is 0 Å². The van der Waals surface area contributed by atoms with Gasteiger partial charge in [0.1, 0.15) is 18.0 Å². The molecule has 2 N–H and O–H groups in total. The molecule has 1 aliphatic rings. The Morgan fingerprint density at radius 3 is 2.72 bits per heavy atom. The number of hydrogen-bond donors (Lipinski definition) is 2. The number of aryl methyl sites for hydroxylation is 1. The van der Waals surface area contributed by atoms with Crippen molar-refractivity contribution >= 4 is 36.0 Å². The maximum atomic E-state index is 12.4. The summed E-state index contributed by atoms with van der Waals surface area (Å²) in [6, 6.07) is 0.0959. The molecule has 2 rings (SSSR count). The molecule has 0 bridgehead atoms. The summed E-state index contributed by atoms with van der Waals surface area (Å²) in [4.78, 5) is 18.7. The summed E-state index contributed by atoms with van der Waals surface area (Å²) in [5.41, 5.74) is -0.496. The molecule has 164 valence electrons. The van der Waals surface area contributed by atoms with Crippen molar-refractivity contribution < 1.29 is 9.53 Å². The predicted octanol–water partition coefficient (Wildman–Crippen LogP) is 2.36. The summed E-state index contributed by atoms with van der Waals surface area (Å²) >= 11 is 0. The van der Waals surface area contributed by atoms with Gasteiger partial charge in [-0.3, -0.25) is 0 Å². The summed E-state index contributed by atoms with van der Waals surface area (Å²) in [5, 5.41) is 14.8. The number of hydrogen-bond acceptors (Lipinski definition) is 5. The number of likely N-dealkylation sites (tertiary alicyclic amines) is 1. The van der Waals surface area contributed by atoms with Crippen molar-refractivity contribution in [1.29, 1.82) is 0 Å². The molecular weight excluding hydrogens is 485 g/mol. The second kappa shape index (κ2) is 11.4. The fourth-order valence-electron chi connectivity index (χ4n) is 2.84. The summed E-state index contributed by atoms with van der Waals surface area (Å²) in [7, 11) is 1.92. The van der Waals surface area contributed by atoms with Gasteiger partial charge in [0.25, 0.3) is 0 Å². The molecule has 1 aromatic heterocycles. The summed E-state index contributed by atoms with van der Waals surface area (Å²) < 4.78 is 7.41. The Labute approximate surface area is 190 Å². The number of halogens is 1. The highest BCUT2D eigenvalue weighted by Gasteiger charge is 2.28. The van der Waals surface area contributed by atoms with Gasteiger partial charge in [-0.15, -0.1) is 40.8 Å². The maximum Gasteiger partial charge on any atom is 0.410 e. The van der Waals surface area contributed by atoms with Gasteiger partial charge < -0.3 is 24.8 Å². The van der Waals surface area contributed by atoms with Gasteiger partial charge in [0.15, 0.2) is 11.8 Å². The van der Waals surface area contributed by atoms with Crippen molar-refractivity contribution in [2.45, 2.75) is 58.7 Å². The molecule has 1 aliphatic heterocycles. The highest BCUT2D eigenvalue weighted by molar-refractivity contribution is 14.0. The van der Waals surface area contributed by atoms with Crippen LogP contribution in [-0.4, -0.2) is 63.0 Å². The molecule has 0 spiro atoms. The standard InChI is InChI=1S/C19H33N7O2.HI/c1-7-10-20-17(21-12-16-24-23-14(2)25(16)6)22-15-9-8-11-26(13-15)18(27)28-19(3,4)5;/h7,15H,1,8-13H2,2-6H3,(H2,20,21,22);1H. The van der Waals surface area contributed by atoms with Crippen molar-refractivity contribution in [2.75, 3.05) is 19.6 Å². The van der Waals surface area contributed by atoms with Crippen molar-refractivity contribution in [3.05, 3.63) is 24.3 Å². The van der Waals surface area contributed by atoms with E-state index in [1.54, 1.807) is 11.0 Å². The highest BCUT2D eigenvalue weighted by atomic mass is 127. The van der Waals surface area contributed by atoms with Crippen molar-refractivity contribution in [3.63, 3.8) is 0 Å². The van der Waals surface area contributed by atoms with Crippen LogP contribution in [0.15, 0.2) is 17.6 Å². The number of aliphatic imine (C=N–C) groups is 1. The third kappa shape index (κ3) is 8.19. The van der Waals surface area contributed by atoms with Crippen LogP contribution in [-0.2, 0) is 18.3 Å². The molecule has 9 nitrogen and oxygen atoms in total. The van der Waals surface area contributed by atoms with Crippen LogP contribution in [0.3, 0.4) is 0 Å². The molecule has 29 heavy (non-hydrogen) atoms. The predicted molar refractivity (Wildman–Crippen MR) is 124 cm³/mol. The van der Waals surface area contributed by atoms with Crippen LogP contribution < -0.4 is 10.6 Å². The summed E-state index contributed by atoms with van der Waals surface area (Å²) in [6.45, 7) is 13.6. The lowest BCUT2D eigenvalue weighted by Crippen LogP contribution is -2.53. The van der Waals surface area contributed by atoms with E-state index >= 15 is 0 Å². The normalized spacial score (nSPS) is 17.3. The molecule has 1 aromatic rings. The Kier molecular flexibility index (Phi) is 9.87. The lowest BCUT2D eigenvalue weighted by Gasteiger charge is -2.35. The lowest BCUT2D eigenvalue weighted by molar-refractivity contribution is 0.0193. The first-order valence-corrected chi connectivity index (χ1v) is 9.68. The minimum Gasteiger partial charge on any atom is -0.444 e. The van der Waals surface area contributed by atoms with E-state index in [0.717, 1.165) is 24.5 Å². The number of nitrogens with zero attached hydrogens (tertiary/aromatic N) is 5. The molecule has 0 radical (unpaired) electrons. The third-order valence-electron chi connectivity index (χ3n) is 4.39. The molecule has 2 heterocycles. The van der Waals surface area contributed by atoms with Crippen LogP contribution in [0, 0.1) is 6.92 Å². The average molecular weight is 519 g/mol. The van der Waals surface area contributed by atoms with Crippen LogP contribution in [0.4, 0.5) is 4.79 Å². The number of ether oxygens (including phenoxy) is 1. The zero-order valence-electron chi connectivity index (χ0n) is 18.1. The molecule has 1 unspecified atom stereocenters. The Balaban J connectivity index is 0.00000420. The number of carbonyl (C=O) groups excluding carboxylic acids is 1. The highest BCUT2D eigenvalue weighted by Crippen LogP contribution is 2.15. The van der Waals surface area contributed by atoms with Gasteiger partial charge in [0.05, 0.1) is 0 Å². The van der Waals surface area contributed by atoms with Gasteiger partial charge in [-0.1, -0.05) is 6.08 Å². The van der Waals surface area contributed by atoms with Crippen LogP contribution in [0.25, 0.3) is 0 Å². The molecule has 1 saturated heterocycles. The quantitative estimate of drug-likeness (QED) is 0.269. The molecular formula is C19H34IN7O2. The van der Waals surface area contributed by atoms with E-state index < -0.39 is 5.60 Å². The largest absolute Gasteiger partial charge is 0.444 e. The van der Waals surface area contributed by atoms with Crippen LogP contribution in [0.2, 0.25) is 0 Å². The fourth-order valence-corrected chi connectivity index (χ4v) is 2.84. The summed E-state index contributed by atoms with van der Waals surface area (Å²) in [5.74, 6) is 2.30. The van der Waals surface area contributed by atoms with E-state index in [1.165, 1.54) is 0 Å². The minimum atomic E-state index is -0.496. The first kappa shape index (κ1) is 25.2. The topological polar surface area (TPSA) is 96.7 Å². The monoisotopic (exact) mass is 519 g/mol. The molecule has 1 atom stereocenters. The van der Waals surface area contributed by atoms with E-state index in [4.69, 9.17) is 4.74 Å². The molecule has 1 fully saturated rings. The zero-order valence-corrected chi connectivity index (χ0v) is 20.4. The summed E-state index contributed by atoms with van der Waals surface area (Å²) in [6.07, 6.45) is 3.37. The smallest absolute Gasteiger partial charge is 0.410 e. The second-order valence-electron chi connectivity index (χ2n) is 7.97. The van der Waals surface area contributed by atoms with Gasteiger partial charge in [-0.2, -0.15) is 0 Å². The number of amides is 1. The van der Waals surface area contributed by atoms with Crippen LogP contribution >= 0.6 is 24.0 Å². The third-order valence-corrected chi connectivity index (χ3v) is 4.39. The number of aromatic nitrogens is 3. The van der Waals surface area contributed by atoms with Crippen molar-refractivity contribution in [1.82, 2.24) is 30.3 Å².